The molecule has 16 heavy (non-hydrogen) atoms. The highest BCUT2D eigenvalue weighted by Gasteiger charge is 2.32. The summed E-state index contributed by atoms with van der Waals surface area (Å²) in [7, 11) is 0. The summed E-state index contributed by atoms with van der Waals surface area (Å²) in [4.78, 5) is 22.0. The van der Waals surface area contributed by atoms with Crippen molar-refractivity contribution in [2.75, 3.05) is 13.2 Å². The highest BCUT2D eigenvalue weighted by molar-refractivity contribution is 5.85. The molecule has 0 aromatic rings. The standard InChI is InChI=1S/C10H14O6/c1-3-5-15-9(13)7(11)8(12)10(14)16-6-4-2/h3-4,7-8,11-12H,1-2,5-6H2. The van der Waals surface area contributed by atoms with Gasteiger partial charge in [-0.2, -0.15) is 0 Å². The molecular formula is C10H14O6. The Balaban J connectivity index is 4.19. The van der Waals surface area contributed by atoms with Crippen molar-refractivity contribution in [1.29, 1.82) is 0 Å². The molecule has 0 saturated carbocycles. The number of hydrogen-bond donors (Lipinski definition) is 2. The van der Waals surface area contributed by atoms with E-state index in [0.29, 0.717) is 0 Å². The third-order valence-corrected chi connectivity index (χ3v) is 1.47. The smallest absolute Gasteiger partial charge is 0.338 e. The summed E-state index contributed by atoms with van der Waals surface area (Å²) in [5.41, 5.74) is 0. The first kappa shape index (κ1) is 14.3. The fraction of sp³-hybridized carbons (Fsp3) is 0.400. The van der Waals surface area contributed by atoms with Crippen LogP contribution in [-0.2, 0) is 19.1 Å². The van der Waals surface area contributed by atoms with Gasteiger partial charge in [-0.25, -0.2) is 9.59 Å². The van der Waals surface area contributed by atoms with Crippen LogP contribution in [0, 0.1) is 0 Å². The molecule has 0 heterocycles. The summed E-state index contributed by atoms with van der Waals surface area (Å²) >= 11 is 0. The second-order valence-electron chi connectivity index (χ2n) is 2.73. The Labute approximate surface area is 92.8 Å². The van der Waals surface area contributed by atoms with Gasteiger partial charge in [0.15, 0.2) is 12.2 Å². The van der Waals surface area contributed by atoms with Crippen LogP contribution in [-0.4, -0.2) is 47.6 Å². The number of carbonyl (C=O) groups excluding carboxylic acids is 2. The maximum absolute atomic E-state index is 11.0. The molecule has 0 saturated heterocycles. The molecule has 6 nitrogen and oxygen atoms in total. The molecule has 0 spiro atoms. The van der Waals surface area contributed by atoms with Gasteiger partial charge in [0.1, 0.15) is 13.2 Å². The second kappa shape index (κ2) is 7.61. The predicted octanol–water partition coefficient (Wildman–Crippen LogP) is -0.833. The van der Waals surface area contributed by atoms with Crippen LogP contribution in [0.2, 0.25) is 0 Å². The minimum Gasteiger partial charge on any atom is -0.459 e. The minimum atomic E-state index is -1.97. The molecule has 0 rings (SSSR count). The van der Waals surface area contributed by atoms with Gasteiger partial charge in [0.25, 0.3) is 0 Å². The van der Waals surface area contributed by atoms with E-state index in [4.69, 9.17) is 0 Å². The third-order valence-electron chi connectivity index (χ3n) is 1.47. The molecule has 0 aliphatic carbocycles. The largest absolute Gasteiger partial charge is 0.459 e. The molecule has 0 aliphatic rings. The maximum atomic E-state index is 11.0. The lowest BCUT2D eigenvalue weighted by molar-refractivity contribution is -0.171. The summed E-state index contributed by atoms with van der Waals surface area (Å²) in [6.45, 7) is 6.34. The van der Waals surface area contributed by atoms with Gasteiger partial charge in [0, 0.05) is 0 Å². The molecule has 6 heteroatoms. The number of hydrogen-bond acceptors (Lipinski definition) is 6. The number of rotatable bonds is 7. The SMILES string of the molecule is C=CCOC(=O)C(O)C(O)C(=O)OCC=C. The van der Waals surface area contributed by atoms with Crippen molar-refractivity contribution in [3.63, 3.8) is 0 Å². The van der Waals surface area contributed by atoms with Crippen LogP contribution in [0.3, 0.4) is 0 Å². The molecule has 0 aliphatic heterocycles. The second-order valence-corrected chi connectivity index (χ2v) is 2.73. The zero-order valence-electron chi connectivity index (χ0n) is 8.67. The van der Waals surface area contributed by atoms with Crippen molar-refractivity contribution in [3.05, 3.63) is 25.3 Å². The van der Waals surface area contributed by atoms with Crippen LogP contribution in [0.15, 0.2) is 25.3 Å². The molecule has 0 fully saturated rings. The monoisotopic (exact) mass is 230 g/mol. The van der Waals surface area contributed by atoms with Gasteiger partial charge in [-0.05, 0) is 0 Å². The predicted molar refractivity (Wildman–Crippen MR) is 54.3 cm³/mol. The van der Waals surface area contributed by atoms with Crippen molar-refractivity contribution in [1.82, 2.24) is 0 Å². The minimum absolute atomic E-state index is 0.121. The van der Waals surface area contributed by atoms with E-state index >= 15 is 0 Å². The van der Waals surface area contributed by atoms with Gasteiger partial charge in [0.2, 0.25) is 0 Å². The normalized spacial score (nSPS) is 13.4. The van der Waals surface area contributed by atoms with E-state index in [9.17, 15) is 19.8 Å². The maximum Gasteiger partial charge on any atom is 0.338 e. The molecule has 0 aromatic heterocycles. The molecule has 0 radical (unpaired) electrons. The zero-order chi connectivity index (χ0) is 12.6. The highest BCUT2D eigenvalue weighted by Crippen LogP contribution is 2.00. The van der Waals surface area contributed by atoms with Gasteiger partial charge < -0.3 is 19.7 Å². The van der Waals surface area contributed by atoms with Crippen LogP contribution in [0.4, 0.5) is 0 Å². The topological polar surface area (TPSA) is 93.1 Å². The van der Waals surface area contributed by atoms with Crippen molar-refractivity contribution in [2.45, 2.75) is 12.2 Å². The first-order chi connectivity index (χ1) is 7.54. The van der Waals surface area contributed by atoms with Gasteiger partial charge in [-0.15, -0.1) is 0 Å². The van der Waals surface area contributed by atoms with Gasteiger partial charge in [-0.1, -0.05) is 25.3 Å². The summed E-state index contributed by atoms with van der Waals surface area (Å²) in [6.07, 6.45) is -1.38. The third kappa shape index (κ3) is 4.72. The first-order valence-corrected chi connectivity index (χ1v) is 4.45. The number of aliphatic hydroxyl groups is 2. The van der Waals surface area contributed by atoms with Crippen LogP contribution in [0.1, 0.15) is 0 Å². The van der Waals surface area contributed by atoms with Crippen LogP contribution in [0.25, 0.3) is 0 Å². The molecule has 2 atom stereocenters. The van der Waals surface area contributed by atoms with Gasteiger partial charge >= 0.3 is 11.9 Å². The number of aliphatic hydroxyl groups excluding tert-OH is 2. The van der Waals surface area contributed by atoms with E-state index in [1.165, 1.54) is 12.2 Å². The number of carbonyl (C=O) groups is 2. The Morgan fingerprint density at radius 3 is 1.56 bits per heavy atom. The molecule has 0 amide bonds. The van der Waals surface area contributed by atoms with Gasteiger partial charge in [0.05, 0.1) is 0 Å². The lowest BCUT2D eigenvalue weighted by Crippen LogP contribution is -2.41. The van der Waals surface area contributed by atoms with E-state index in [2.05, 4.69) is 22.6 Å². The average Bonchev–Trinajstić information content (AvgIpc) is 2.30. The summed E-state index contributed by atoms with van der Waals surface area (Å²) in [5.74, 6) is -2.24. The fourth-order valence-corrected chi connectivity index (χ4v) is 0.711. The molecule has 0 bridgehead atoms. The van der Waals surface area contributed by atoms with Crippen molar-refractivity contribution >= 4 is 11.9 Å². The Morgan fingerprint density at radius 1 is 1.00 bits per heavy atom. The van der Waals surface area contributed by atoms with Crippen LogP contribution >= 0.6 is 0 Å². The Morgan fingerprint density at radius 2 is 1.31 bits per heavy atom. The molecular weight excluding hydrogens is 216 g/mol. The van der Waals surface area contributed by atoms with Gasteiger partial charge in [-0.3, -0.25) is 0 Å². The fourth-order valence-electron chi connectivity index (χ4n) is 0.711. The van der Waals surface area contributed by atoms with Crippen molar-refractivity contribution in [3.8, 4) is 0 Å². The van der Waals surface area contributed by atoms with E-state index in [-0.39, 0.29) is 13.2 Å². The number of ether oxygens (including phenoxy) is 2. The van der Waals surface area contributed by atoms with E-state index < -0.39 is 24.1 Å². The van der Waals surface area contributed by atoms with Crippen LogP contribution in [0.5, 0.6) is 0 Å². The van der Waals surface area contributed by atoms with Crippen molar-refractivity contribution in [2.24, 2.45) is 0 Å². The quantitative estimate of drug-likeness (QED) is 0.438. The van der Waals surface area contributed by atoms with E-state index in [0.717, 1.165) is 0 Å². The van der Waals surface area contributed by atoms with E-state index in [1.54, 1.807) is 0 Å². The lowest BCUT2D eigenvalue weighted by atomic mass is 10.2. The summed E-state index contributed by atoms with van der Waals surface area (Å²) in [6, 6.07) is 0. The Kier molecular flexibility index (Phi) is 6.82. The summed E-state index contributed by atoms with van der Waals surface area (Å²) in [5, 5.41) is 18.4. The average molecular weight is 230 g/mol. The zero-order valence-corrected chi connectivity index (χ0v) is 8.67. The van der Waals surface area contributed by atoms with Crippen molar-refractivity contribution < 1.29 is 29.3 Å². The Hall–Kier alpha value is -1.66. The lowest BCUT2D eigenvalue weighted by Gasteiger charge is -2.14. The molecule has 2 N–H and O–H groups in total. The first-order valence-electron chi connectivity index (χ1n) is 4.45. The van der Waals surface area contributed by atoms with Crippen LogP contribution < -0.4 is 0 Å². The Bertz CT molecular complexity index is 244. The highest BCUT2D eigenvalue weighted by atomic mass is 16.6. The summed E-state index contributed by atoms with van der Waals surface area (Å²) < 4.78 is 8.87. The molecule has 2 unspecified atom stereocenters. The number of esters is 2. The van der Waals surface area contributed by atoms with E-state index in [1.807, 2.05) is 0 Å². The molecule has 0 aromatic carbocycles. The molecule has 90 valence electrons.